The zero-order chi connectivity index (χ0) is 4.50. The quantitative estimate of drug-likeness (QED) is 0.579. The molecule has 0 saturated heterocycles. The van der Waals surface area contributed by atoms with Crippen molar-refractivity contribution in [1.29, 1.82) is 0 Å². The second-order valence-corrected chi connectivity index (χ2v) is 13.8. The van der Waals surface area contributed by atoms with Crippen molar-refractivity contribution in [3.8, 4) is 0 Å². The van der Waals surface area contributed by atoms with E-state index >= 15 is 0 Å². The Morgan fingerprint density at radius 2 is 0.800 bits per heavy atom. The molecule has 0 aromatic heterocycles. The van der Waals surface area contributed by atoms with Crippen LogP contribution in [-0.4, -0.2) is 0 Å². The third-order valence-electron chi connectivity index (χ3n) is 0. The minimum absolute atomic E-state index is 2.73. The van der Waals surface area contributed by atoms with E-state index in [1.54, 1.807) is 0 Å². The van der Waals surface area contributed by atoms with Gasteiger partial charge in [0.05, 0.1) is 0 Å². The molecule has 0 N–H and O–H groups in total. The van der Waals surface area contributed by atoms with Crippen molar-refractivity contribution in [3.05, 3.63) is 0 Å². The zero-order valence-corrected chi connectivity index (χ0v) is 6.32. The van der Waals surface area contributed by atoms with Crippen molar-refractivity contribution in [2.45, 2.75) is 0 Å². The Bertz CT molecular complexity index is 19.1. The molecular weight excluding hydrogens is 250 g/mol. The molecule has 5 heteroatoms. The fraction of sp³-hybridized carbons (Fsp3) is 0. The van der Waals surface area contributed by atoms with E-state index in [0.29, 0.717) is 0 Å². The molecule has 5 heavy (non-hydrogen) atoms. The van der Waals surface area contributed by atoms with Gasteiger partial charge in [0.2, 0.25) is 0 Å². The molecule has 0 spiro atoms. The van der Waals surface area contributed by atoms with Crippen molar-refractivity contribution < 1.29 is 12.8 Å². The van der Waals surface area contributed by atoms with Gasteiger partial charge in [-0.3, -0.25) is 0 Å². The van der Waals surface area contributed by atoms with E-state index in [-0.39, 0.29) is 0 Å². The number of hydrogen-bond acceptors (Lipinski definition) is 0. The molecular formula is AgCl4. The van der Waals surface area contributed by atoms with Gasteiger partial charge in [0.25, 0.3) is 0 Å². The van der Waals surface area contributed by atoms with Crippen molar-refractivity contribution in [2.24, 2.45) is 0 Å². The fourth-order valence-corrected chi connectivity index (χ4v) is 0. The van der Waals surface area contributed by atoms with Crippen LogP contribution in [0.25, 0.3) is 0 Å². The summed E-state index contributed by atoms with van der Waals surface area (Å²) in [5.41, 5.74) is 0. The Kier molecular flexibility index (Phi) is 3.13. The van der Waals surface area contributed by atoms with Crippen LogP contribution in [0.4, 0.5) is 0 Å². The van der Waals surface area contributed by atoms with Crippen LogP contribution in [0.2, 0.25) is 0 Å². The van der Waals surface area contributed by atoms with Gasteiger partial charge >= 0.3 is 49.6 Å². The Morgan fingerprint density at radius 1 is 0.800 bits per heavy atom. The van der Waals surface area contributed by atoms with Crippen LogP contribution in [0.1, 0.15) is 0 Å². The standard InChI is InChI=1S/Ag.4ClH/h;4*1H/q+4;;;;/p-4. The average Bonchev–Trinajstić information content (AvgIpc) is 0.722. The summed E-state index contributed by atoms with van der Waals surface area (Å²) in [5.74, 6) is 0. The minimum atomic E-state index is -2.73. The van der Waals surface area contributed by atoms with Crippen molar-refractivity contribution in [2.75, 3.05) is 0 Å². The monoisotopic (exact) mass is 247 g/mol. The predicted molar refractivity (Wildman–Crippen MR) is 23.4 cm³/mol. The van der Waals surface area contributed by atoms with Gasteiger partial charge in [-0.15, -0.1) is 0 Å². The molecule has 0 aliphatic carbocycles. The molecule has 0 nitrogen and oxygen atoms in total. The first-order chi connectivity index (χ1) is 2.00. The first kappa shape index (κ1) is 6.90. The molecule has 0 aromatic carbocycles. The molecule has 0 aromatic rings. The summed E-state index contributed by atoms with van der Waals surface area (Å²) in [4.78, 5) is 0. The third kappa shape index (κ3) is 24.9. The van der Waals surface area contributed by atoms with Gasteiger partial charge in [-0.1, -0.05) is 0 Å². The van der Waals surface area contributed by atoms with Crippen LogP contribution in [0.15, 0.2) is 0 Å². The summed E-state index contributed by atoms with van der Waals surface area (Å²) in [7, 11) is 19.9. The molecule has 0 heterocycles. The molecule has 0 fully saturated rings. The summed E-state index contributed by atoms with van der Waals surface area (Å²) in [5, 5.41) is 0. The van der Waals surface area contributed by atoms with E-state index < -0.39 is 12.8 Å². The van der Waals surface area contributed by atoms with Crippen LogP contribution < -0.4 is 0 Å². The van der Waals surface area contributed by atoms with Gasteiger partial charge in [0, 0.05) is 0 Å². The van der Waals surface area contributed by atoms with Crippen molar-refractivity contribution >= 4 is 36.8 Å². The molecule has 0 bridgehead atoms. The van der Waals surface area contributed by atoms with E-state index in [4.69, 9.17) is 36.8 Å². The predicted octanol–water partition coefficient (Wildman–Crippen LogP) is 2.76. The molecule has 0 unspecified atom stereocenters. The van der Waals surface area contributed by atoms with Gasteiger partial charge < -0.3 is 0 Å². The van der Waals surface area contributed by atoms with Crippen LogP contribution in [0, 0.1) is 0 Å². The van der Waals surface area contributed by atoms with E-state index in [1.807, 2.05) is 0 Å². The third-order valence-corrected chi connectivity index (χ3v) is 0. The molecule has 0 atom stereocenters. The summed E-state index contributed by atoms with van der Waals surface area (Å²) < 4.78 is 0. The number of halogens is 4. The van der Waals surface area contributed by atoms with E-state index in [0.717, 1.165) is 0 Å². The fourth-order valence-electron chi connectivity index (χ4n) is 0. The molecule has 0 radical (unpaired) electrons. The molecule has 0 aliphatic rings. The van der Waals surface area contributed by atoms with E-state index in [9.17, 15) is 0 Å². The van der Waals surface area contributed by atoms with Gasteiger partial charge in [-0.05, 0) is 0 Å². The van der Waals surface area contributed by atoms with Gasteiger partial charge in [-0.25, -0.2) is 0 Å². The first-order valence-electron chi connectivity index (χ1n) is 0.456. The van der Waals surface area contributed by atoms with Crippen molar-refractivity contribution in [1.82, 2.24) is 0 Å². The van der Waals surface area contributed by atoms with E-state index in [1.165, 1.54) is 0 Å². The molecule has 0 amide bonds. The van der Waals surface area contributed by atoms with E-state index in [2.05, 4.69) is 0 Å². The second kappa shape index (κ2) is 2.27. The van der Waals surface area contributed by atoms with Gasteiger partial charge in [0.1, 0.15) is 0 Å². The molecule has 0 rings (SSSR count). The summed E-state index contributed by atoms with van der Waals surface area (Å²) in [6.45, 7) is 0. The summed E-state index contributed by atoms with van der Waals surface area (Å²) in [6.07, 6.45) is 0. The van der Waals surface area contributed by atoms with Crippen LogP contribution >= 0.6 is 36.8 Å². The van der Waals surface area contributed by atoms with Crippen LogP contribution in [0.3, 0.4) is 0 Å². The van der Waals surface area contributed by atoms with Gasteiger partial charge in [-0.2, -0.15) is 0 Å². The maximum atomic E-state index is 4.97. The normalized spacial score (nSPS) is 15.2. The molecule has 39 valence electrons. The zero-order valence-electron chi connectivity index (χ0n) is 1.81. The number of rotatable bonds is 0. The van der Waals surface area contributed by atoms with Gasteiger partial charge in [0.15, 0.2) is 0 Å². The SMILES string of the molecule is [Cl][Ag]([Cl])([Cl])[Cl]. The Morgan fingerprint density at radius 3 is 0.800 bits per heavy atom. The Labute approximate surface area is 49.2 Å². The average molecular weight is 250 g/mol. The first-order valence-corrected chi connectivity index (χ1v) is 8.09. The Balaban J connectivity index is 3.02. The maximum absolute atomic E-state index is 4.97. The molecule has 0 saturated carbocycles. The Hall–Kier alpha value is 1.90. The summed E-state index contributed by atoms with van der Waals surface area (Å²) >= 11 is -2.73. The summed E-state index contributed by atoms with van der Waals surface area (Å²) in [6, 6.07) is 0. The van der Waals surface area contributed by atoms with Crippen LogP contribution in [-0.2, 0) is 12.8 Å². The topological polar surface area (TPSA) is 0 Å². The second-order valence-electron chi connectivity index (χ2n) is 0.258. The van der Waals surface area contributed by atoms with Crippen molar-refractivity contribution in [3.63, 3.8) is 0 Å². The van der Waals surface area contributed by atoms with Crippen LogP contribution in [0.5, 0.6) is 0 Å². The number of hydrogen-bond donors (Lipinski definition) is 0. The molecule has 0 aliphatic heterocycles.